The highest BCUT2D eigenvalue weighted by Crippen LogP contribution is 2.29. The van der Waals surface area contributed by atoms with Crippen LogP contribution in [0, 0.1) is 0 Å². The van der Waals surface area contributed by atoms with Gasteiger partial charge in [0, 0.05) is 18.7 Å². The summed E-state index contributed by atoms with van der Waals surface area (Å²) in [5.41, 5.74) is 3.05. The highest BCUT2D eigenvalue weighted by atomic mass is 35.5. The second-order valence-electron chi connectivity index (χ2n) is 6.38. The summed E-state index contributed by atoms with van der Waals surface area (Å²) in [7, 11) is 4.07. The summed E-state index contributed by atoms with van der Waals surface area (Å²) in [6.07, 6.45) is 0. The highest BCUT2D eigenvalue weighted by Gasteiger charge is 2.13. The molecule has 0 aliphatic carbocycles. The number of rotatable bonds is 6. The molecule has 26 heavy (non-hydrogen) atoms. The summed E-state index contributed by atoms with van der Waals surface area (Å²) in [5, 5.41) is 3.47. The van der Waals surface area contributed by atoms with Gasteiger partial charge in [0.25, 0.3) is 5.91 Å². The molecule has 1 amide bonds. The first-order valence-electron chi connectivity index (χ1n) is 8.38. The maximum Gasteiger partial charge on any atom is 0.287 e. The summed E-state index contributed by atoms with van der Waals surface area (Å²) >= 11 is 6.17. The van der Waals surface area contributed by atoms with Crippen LogP contribution in [0.3, 0.4) is 0 Å². The lowest BCUT2D eigenvalue weighted by molar-refractivity contribution is 0.0924. The van der Waals surface area contributed by atoms with Gasteiger partial charge in [-0.25, -0.2) is 0 Å². The smallest absolute Gasteiger partial charge is 0.287 e. The van der Waals surface area contributed by atoms with Gasteiger partial charge in [0.2, 0.25) is 0 Å². The molecule has 0 radical (unpaired) electrons. The number of hydrogen-bond acceptors (Lipinski definition) is 3. The van der Waals surface area contributed by atoms with Crippen LogP contribution >= 0.6 is 11.6 Å². The molecule has 134 valence electrons. The van der Waals surface area contributed by atoms with Crippen LogP contribution in [0.5, 0.6) is 0 Å². The van der Waals surface area contributed by atoms with E-state index in [4.69, 9.17) is 16.0 Å². The van der Waals surface area contributed by atoms with Crippen molar-refractivity contribution in [3.63, 3.8) is 0 Å². The minimum Gasteiger partial charge on any atom is -0.451 e. The number of benzene rings is 2. The molecule has 1 N–H and O–H groups in total. The second-order valence-corrected chi connectivity index (χ2v) is 6.79. The molecular formula is C21H21ClN2O2. The molecule has 4 nitrogen and oxygen atoms in total. The third-order valence-electron chi connectivity index (χ3n) is 3.94. The minimum atomic E-state index is -0.249. The van der Waals surface area contributed by atoms with E-state index >= 15 is 0 Å². The quantitative estimate of drug-likeness (QED) is 0.692. The number of furan rings is 1. The van der Waals surface area contributed by atoms with Crippen LogP contribution < -0.4 is 5.32 Å². The van der Waals surface area contributed by atoms with Crippen molar-refractivity contribution in [2.75, 3.05) is 14.1 Å². The van der Waals surface area contributed by atoms with E-state index in [1.54, 1.807) is 18.2 Å². The Bertz CT molecular complexity index is 885. The number of nitrogens with zero attached hydrogens (tertiary/aromatic N) is 1. The molecule has 0 aliphatic rings. The SMILES string of the molecule is CN(C)Cc1ccc(CNC(=O)c2ccc(-c3ccccc3Cl)o2)cc1. The van der Waals surface area contributed by atoms with Gasteiger partial charge in [0.15, 0.2) is 5.76 Å². The van der Waals surface area contributed by atoms with Crippen LogP contribution in [0.2, 0.25) is 5.02 Å². The molecule has 0 saturated heterocycles. The van der Waals surface area contributed by atoms with E-state index in [2.05, 4.69) is 22.3 Å². The standard InChI is InChI=1S/C21H21ClN2O2/c1-24(2)14-16-9-7-15(8-10-16)13-23-21(25)20-12-11-19(26-20)17-5-3-4-6-18(17)22/h3-12H,13-14H2,1-2H3,(H,23,25). The van der Waals surface area contributed by atoms with E-state index < -0.39 is 0 Å². The van der Waals surface area contributed by atoms with E-state index in [-0.39, 0.29) is 11.7 Å². The molecule has 0 unspecified atom stereocenters. The summed E-state index contributed by atoms with van der Waals surface area (Å²) in [4.78, 5) is 14.4. The normalized spacial score (nSPS) is 10.9. The minimum absolute atomic E-state index is 0.249. The Kier molecular flexibility index (Phi) is 5.76. The van der Waals surface area contributed by atoms with Crippen LogP contribution in [-0.4, -0.2) is 24.9 Å². The summed E-state index contributed by atoms with van der Waals surface area (Å²) in [6.45, 7) is 1.34. The second kappa shape index (κ2) is 8.21. The van der Waals surface area contributed by atoms with Crippen molar-refractivity contribution in [3.8, 4) is 11.3 Å². The Morgan fingerprint density at radius 2 is 1.69 bits per heavy atom. The van der Waals surface area contributed by atoms with Gasteiger partial charge in [-0.1, -0.05) is 48.0 Å². The Morgan fingerprint density at radius 1 is 1.00 bits per heavy atom. The third-order valence-corrected chi connectivity index (χ3v) is 4.27. The van der Waals surface area contributed by atoms with E-state index in [0.717, 1.165) is 17.7 Å². The van der Waals surface area contributed by atoms with Crippen molar-refractivity contribution in [1.82, 2.24) is 10.2 Å². The molecule has 0 bridgehead atoms. The Hall–Kier alpha value is -2.56. The van der Waals surface area contributed by atoms with Crippen LogP contribution in [0.25, 0.3) is 11.3 Å². The Labute approximate surface area is 158 Å². The molecule has 0 fully saturated rings. The van der Waals surface area contributed by atoms with Crippen molar-refractivity contribution in [1.29, 1.82) is 0 Å². The van der Waals surface area contributed by atoms with Gasteiger partial charge in [-0.05, 0) is 49.5 Å². The van der Waals surface area contributed by atoms with Gasteiger partial charge in [-0.15, -0.1) is 0 Å². The largest absolute Gasteiger partial charge is 0.451 e. The lowest BCUT2D eigenvalue weighted by Gasteiger charge is -2.10. The first kappa shape index (κ1) is 18.2. The predicted molar refractivity (Wildman–Crippen MR) is 104 cm³/mol. The van der Waals surface area contributed by atoms with Crippen molar-refractivity contribution in [3.05, 3.63) is 82.6 Å². The molecule has 2 aromatic carbocycles. The summed E-state index contributed by atoms with van der Waals surface area (Å²) < 4.78 is 5.66. The van der Waals surface area contributed by atoms with Gasteiger partial charge in [-0.2, -0.15) is 0 Å². The summed E-state index contributed by atoms with van der Waals surface area (Å²) in [5.74, 6) is 0.596. The number of amides is 1. The molecule has 5 heteroatoms. The monoisotopic (exact) mass is 368 g/mol. The lowest BCUT2D eigenvalue weighted by Crippen LogP contribution is -2.22. The first-order valence-corrected chi connectivity index (χ1v) is 8.76. The average Bonchev–Trinajstić information content (AvgIpc) is 3.11. The van der Waals surface area contributed by atoms with Crippen LogP contribution in [-0.2, 0) is 13.1 Å². The van der Waals surface area contributed by atoms with Crippen molar-refractivity contribution in [2.45, 2.75) is 13.1 Å². The third kappa shape index (κ3) is 4.54. The van der Waals surface area contributed by atoms with E-state index in [9.17, 15) is 4.79 Å². The first-order chi connectivity index (χ1) is 12.5. The zero-order valence-corrected chi connectivity index (χ0v) is 15.6. The fourth-order valence-electron chi connectivity index (χ4n) is 2.66. The van der Waals surface area contributed by atoms with Gasteiger partial charge in [0.1, 0.15) is 5.76 Å². The number of carbonyl (C=O) groups excluding carboxylic acids is 1. The number of nitrogens with one attached hydrogen (secondary N) is 1. The van der Waals surface area contributed by atoms with Crippen molar-refractivity contribution >= 4 is 17.5 Å². The van der Waals surface area contributed by atoms with Gasteiger partial charge in [-0.3, -0.25) is 4.79 Å². The molecule has 0 aliphatic heterocycles. The van der Waals surface area contributed by atoms with Crippen molar-refractivity contribution in [2.24, 2.45) is 0 Å². The molecule has 1 aromatic heterocycles. The average molecular weight is 369 g/mol. The van der Waals surface area contributed by atoms with Crippen LogP contribution in [0.4, 0.5) is 0 Å². The van der Waals surface area contributed by atoms with Crippen molar-refractivity contribution < 1.29 is 9.21 Å². The van der Waals surface area contributed by atoms with E-state index in [1.807, 2.05) is 44.4 Å². The maximum absolute atomic E-state index is 12.3. The predicted octanol–water partition coefficient (Wildman–Crippen LogP) is 4.59. The highest BCUT2D eigenvalue weighted by molar-refractivity contribution is 6.33. The Morgan fingerprint density at radius 3 is 2.38 bits per heavy atom. The zero-order valence-electron chi connectivity index (χ0n) is 14.8. The van der Waals surface area contributed by atoms with Gasteiger partial charge >= 0.3 is 0 Å². The molecule has 0 atom stereocenters. The molecule has 0 saturated carbocycles. The fourth-order valence-corrected chi connectivity index (χ4v) is 2.89. The summed E-state index contributed by atoms with van der Waals surface area (Å²) in [6, 6.07) is 19.0. The van der Waals surface area contributed by atoms with Crippen LogP contribution in [0.15, 0.2) is 65.1 Å². The number of carbonyl (C=O) groups is 1. The molecule has 1 heterocycles. The van der Waals surface area contributed by atoms with Gasteiger partial charge < -0.3 is 14.6 Å². The Balaban J connectivity index is 1.61. The molecule has 3 rings (SSSR count). The molecule has 3 aromatic rings. The molecular weight excluding hydrogens is 348 g/mol. The number of hydrogen-bond donors (Lipinski definition) is 1. The maximum atomic E-state index is 12.3. The topological polar surface area (TPSA) is 45.5 Å². The fraction of sp³-hybridized carbons (Fsp3) is 0.190. The van der Waals surface area contributed by atoms with Crippen LogP contribution in [0.1, 0.15) is 21.7 Å². The van der Waals surface area contributed by atoms with E-state index in [1.165, 1.54) is 5.56 Å². The van der Waals surface area contributed by atoms with E-state index in [0.29, 0.717) is 17.3 Å². The molecule has 0 spiro atoms. The lowest BCUT2D eigenvalue weighted by atomic mass is 10.1. The number of halogens is 1. The zero-order chi connectivity index (χ0) is 18.5. The van der Waals surface area contributed by atoms with Gasteiger partial charge in [0.05, 0.1) is 5.02 Å².